The highest BCUT2D eigenvalue weighted by molar-refractivity contribution is 6.31. The molecule has 0 radical (unpaired) electrons. The van der Waals surface area contributed by atoms with Crippen molar-refractivity contribution >= 4 is 53.1 Å². The first-order chi connectivity index (χ1) is 37.1. The highest BCUT2D eigenvalue weighted by Gasteiger charge is 2.50. The number of methoxy groups -OCH3 is 1. The number of aliphatic hydroxyl groups excluding tert-OH is 2. The van der Waals surface area contributed by atoms with Crippen molar-refractivity contribution in [3.05, 3.63) is 117 Å². The summed E-state index contributed by atoms with van der Waals surface area (Å²) in [6.07, 6.45) is -8.14. The molecule has 7 rings (SSSR count). The molecule has 6 amide bonds. The van der Waals surface area contributed by atoms with E-state index in [1.165, 1.54) is 32.2 Å². The molecule has 0 bridgehead atoms. The molecule has 3 aliphatic rings. The largest absolute Gasteiger partial charge is 0.507 e. The fourth-order valence-electron chi connectivity index (χ4n) is 9.44. The van der Waals surface area contributed by atoms with Crippen LogP contribution in [0.25, 0.3) is 0 Å². The fraction of sp³-hybridized carbons (Fsp3) is 0.407. The highest BCUT2D eigenvalue weighted by atomic mass is 16.7. The molecule has 8 atom stereocenters. The average molecular weight is 1080 g/mol. The number of alkyl carbamates (subject to hydrolysis) is 2. The lowest BCUT2D eigenvalue weighted by Crippen LogP contribution is -2.56. The Balaban J connectivity index is 0.886. The zero-order chi connectivity index (χ0) is 56.6. The number of aliphatic hydroxyl groups is 3. The van der Waals surface area contributed by atoms with E-state index in [-0.39, 0.29) is 72.9 Å². The second kappa shape index (κ2) is 25.0. The maximum atomic E-state index is 14.0. The summed E-state index contributed by atoms with van der Waals surface area (Å²) in [6.45, 7) is 3.55. The van der Waals surface area contributed by atoms with Crippen LogP contribution < -0.4 is 37.1 Å². The molecule has 24 heteroatoms. The maximum absolute atomic E-state index is 14.0. The molecule has 1 saturated heterocycles. The second-order valence-corrected chi connectivity index (χ2v) is 19.4. The molecule has 12 N–H and O–H groups in total. The molecular formula is C54H62N6O18. The Kier molecular flexibility index (Phi) is 18.5. The molecule has 1 heterocycles. The first kappa shape index (κ1) is 57.7. The normalized spacial score (nSPS) is 21.1. The van der Waals surface area contributed by atoms with E-state index < -0.39 is 138 Å². The lowest BCUT2D eigenvalue weighted by Gasteiger charge is -2.42. The number of carbonyl (C=O) groups excluding carboxylic acids is 8. The number of rotatable bonds is 19. The van der Waals surface area contributed by atoms with E-state index >= 15 is 0 Å². The summed E-state index contributed by atoms with van der Waals surface area (Å²) in [4.78, 5) is 105. The van der Waals surface area contributed by atoms with E-state index in [9.17, 15) is 63.9 Å². The first-order valence-corrected chi connectivity index (χ1v) is 25.0. The van der Waals surface area contributed by atoms with Crippen molar-refractivity contribution in [2.75, 3.05) is 25.6 Å². The van der Waals surface area contributed by atoms with Gasteiger partial charge in [0.15, 0.2) is 17.9 Å². The van der Waals surface area contributed by atoms with Crippen LogP contribution in [0.4, 0.5) is 20.1 Å². The van der Waals surface area contributed by atoms with Crippen molar-refractivity contribution in [2.24, 2.45) is 11.7 Å². The number of nitrogens with two attached hydrogens (primary N) is 1. The predicted molar refractivity (Wildman–Crippen MR) is 273 cm³/mol. The van der Waals surface area contributed by atoms with Gasteiger partial charge in [0, 0.05) is 48.2 Å². The van der Waals surface area contributed by atoms with Crippen LogP contribution in [0.15, 0.2) is 72.8 Å². The summed E-state index contributed by atoms with van der Waals surface area (Å²) in [6, 6.07) is 15.5. The van der Waals surface area contributed by atoms with Crippen LogP contribution in [0, 0.1) is 5.92 Å². The molecule has 2 aliphatic carbocycles. The van der Waals surface area contributed by atoms with Crippen molar-refractivity contribution < 1.29 is 87.6 Å². The number of hydrogen-bond acceptors (Lipinski definition) is 19. The van der Waals surface area contributed by atoms with Gasteiger partial charge in [-0.25, -0.2) is 14.4 Å². The summed E-state index contributed by atoms with van der Waals surface area (Å²) < 4.78 is 28.1. The first-order valence-electron chi connectivity index (χ1n) is 25.0. The summed E-state index contributed by atoms with van der Waals surface area (Å²) in [5.74, 6) is -5.95. The highest BCUT2D eigenvalue weighted by Crippen LogP contribution is 2.52. The third-order valence-electron chi connectivity index (χ3n) is 13.6. The molecule has 1 aliphatic heterocycles. The van der Waals surface area contributed by atoms with Crippen molar-refractivity contribution in [3.8, 4) is 17.2 Å². The van der Waals surface area contributed by atoms with Gasteiger partial charge in [0.2, 0.25) is 11.7 Å². The molecule has 4 aromatic rings. The van der Waals surface area contributed by atoms with Crippen LogP contribution >= 0.6 is 0 Å². The van der Waals surface area contributed by atoms with Gasteiger partial charge >= 0.3 is 18.2 Å². The number of ether oxygens (including phenoxy) is 5. The number of fused-ring (bicyclic) bond motifs is 3. The molecule has 24 nitrogen and oxygen atoms in total. The number of aromatic hydroxyl groups is 2. The minimum absolute atomic E-state index is 0.00522. The smallest absolute Gasteiger partial charge is 0.408 e. The minimum Gasteiger partial charge on any atom is -0.507 e. The van der Waals surface area contributed by atoms with Crippen molar-refractivity contribution in [2.45, 2.75) is 114 Å². The van der Waals surface area contributed by atoms with Crippen LogP contribution in [0.3, 0.4) is 0 Å². The molecule has 0 aromatic heterocycles. The van der Waals surface area contributed by atoms with Gasteiger partial charge in [-0.05, 0) is 55.0 Å². The van der Waals surface area contributed by atoms with Crippen molar-refractivity contribution in [3.63, 3.8) is 0 Å². The summed E-state index contributed by atoms with van der Waals surface area (Å²) >= 11 is 0. The number of phenolic OH excluding ortho intramolecular Hbond substituents is 2. The molecule has 1 fully saturated rings. The Morgan fingerprint density at radius 3 is 2.18 bits per heavy atom. The van der Waals surface area contributed by atoms with Gasteiger partial charge < -0.3 is 76.2 Å². The van der Waals surface area contributed by atoms with Crippen LogP contribution in [0.5, 0.6) is 17.2 Å². The zero-order valence-corrected chi connectivity index (χ0v) is 43.0. The van der Waals surface area contributed by atoms with Gasteiger partial charge in [-0.3, -0.25) is 29.3 Å². The maximum Gasteiger partial charge on any atom is 0.408 e. The summed E-state index contributed by atoms with van der Waals surface area (Å²) in [7, 11) is 1.29. The standard InChI is InChI=1S/C54H62N6O18/c1-26(2)43(59-53(72)76-24-28-10-6-5-7-11-28)50(69)60-51(70)56-19-9-13-33(55)49(68)57-30-17-15-29(16-18-30)25-75-52(71)58-34-20-38(77-27(3)44(34)63)78-36-22-54(73,37(62)23-61)21-32-40(36)48(67)42-41(46(32)65)45(64)31-12-8-14-35(74-4)39(31)47(42)66/h5-8,10-12,14-18,26-27,33-34,36,38,43-44,61,63,65,67,73H,9,13,19-25,55H2,1-4H3,(H,57,68)(H,58,71)(H,59,72)(H2,56,60,69,70)/t27?,33?,34?,36-,38?,43-,44?,54-/m0/s1. The van der Waals surface area contributed by atoms with Crippen molar-refractivity contribution in [1.82, 2.24) is 21.3 Å². The van der Waals surface area contributed by atoms with Crippen LogP contribution in [-0.2, 0) is 53.0 Å². The number of amides is 6. The Labute approximate surface area is 446 Å². The Morgan fingerprint density at radius 2 is 1.51 bits per heavy atom. The minimum atomic E-state index is -2.40. The monoisotopic (exact) mass is 1080 g/mol. The number of ketones is 3. The number of Topliss-reactive ketones (excluding diaryl/α,β-unsaturated/α-hetero) is 1. The van der Waals surface area contributed by atoms with E-state index in [0.29, 0.717) is 11.3 Å². The van der Waals surface area contributed by atoms with Crippen molar-refractivity contribution in [1.29, 1.82) is 0 Å². The van der Waals surface area contributed by atoms with E-state index in [4.69, 9.17) is 29.4 Å². The molecule has 5 unspecified atom stereocenters. The number of nitrogens with one attached hydrogen (secondary N) is 5. The SMILES string of the molecule is COc1cccc2c1C(=O)c1c(O)c3c(c(O)c1C2=O)C[C@@](O)(C(=O)CO)C[C@@H]3OC1CC(NC(=O)OCc2ccc(NC(=O)C(N)CCCNC(=O)NC(=O)[C@@H](NC(=O)OCc3ccccc3)C(C)C)cc2)C(O)C(C)O1. The van der Waals surface area contributed by atoms with E-state index in [1.807, 2.05) is 6.07 Å². The predicted octanol–water partition coefficient (Wildman–Crippen LogP) is 2.79. The van der Waals surface area contributed by atoms with Crippen LogP contribution in [-0.4, -0.2) is 135 Å². The number of anilines is 1. The lowest BCUT2D eigenvalue weighted by molar-refractivity contribution is -0.249. The van der Waals surface area contributed by atoms with Gasteiger partial charge in [0.1, 0.15) is 54.8 Å². The topological polar surface area (TPSA) is 370 Å². The van der Waals surface area contributed by atoms with E-state index in [1.54, 1.807) is 62.4 Å². The Bertz CT molecular complexity index is 2940. The Morgan fingerprint density at radius 1 is 0.846 bits per heavy atom. The van der Waals surface area contributed by atoms with E-state index in [2.05, 4.69) is 26.6 Å². The number of hydrogen-bond donors (Lipinski definition) is 11. The number of imide groups is 1. The number of urea groups is 1. The quantitative estimate of drug-likeness (QED) is 0.0418. The average Bonchev–Trinajstić information content (AvgIpc) is 3.47. The molecule has 416 valence electrons. The molecule has 0 saturated carbocycles. The summed E-state index contributed by atoms with van der Waals surface area (Å²) in [5, 5.41) is 68.5. The number of carbonyl (C=O) groups is 8. The van der Waals surface area contributed by atoms with Gasteiger partial charge in [-0.15, -0.1) is 0 Å². The lowest BCUT2D eigenvalue weighted by atomic mass is 9.72. The van der Waals surface area contributed by atoms with E-state index in [0.717, 1.165) is 5.56 Å². The third kappa shape index (κ3) is 13.0. The fourth-order valence-corrected chi connectivity index (χ4v) is 9.44. The van der Waals surface area contributed by atoms with Crippen LogP contribution in [0.2, 0.25) is 0 Å². The zero-order valence-electron chi connectivity index (χ0n) is 43.0. The molecule has 78 heavy (non-hydrogen) atoms. The summed E-state index contributed by atoms with van der Waals surface area (Å²) in [5.41, 5.74) is 3.37. The Hall–Kier alpha value is -8.00. The third-order valence-corrected chi connectivity index (χ3v) is 13.6. The second-order valence-electron chi connectivity index (χ2n) is 19.4. The van der Waals surface area contributed by atoms with Gasteiger partial charge in [0.25, 0.3) is 5.91 Å². The number of phenols is 2. The molecule has 4 aromatic carbocycles. The van der Waals surface area contributed by atoms with Gasteiger partial charge in [-0.2, -0.15) is 0 Å². The van der Waals surface area contributed by atoms with Gasteiger partial charge in [-0.1, -0.05) is 68.4 Å². The molecular weight excluding hydrogens is 1020 g/mol. The number of benzene rings is 4. The molecule has 0 spiro atoms. The van der Waals surface area contributed by atoms with Crippen LogP contribution in [0.1, 0.15) is 107 Å². The van der Waals surface area contributed by atoms with Gasteiger partial charge in [0.05, 0.1) is 48.1 Å².